The van der Waals surface area contributed by atoms with Crippen LogP contribution in [-0.4, -0.2) is 17.4 Å². The minimum absolute atomic E-state index is 0. The first-order valence-electron chi connectivity index (χ1n) is 4.08. The van der Waals surface area contributed by atoms with E-state index in [4.69, 9.17) is 10.8 Å². The maximum Gasteiger partial charge on any atom is 0.416 e. The number of alkyl halides is 3. The molecule has 0 radical (unpaired) electrons. The van der Waals surface area contributed by atoms with E-state index in [1.54, 1.807) is 12.1 Å². The van der Waals surface area contributed by atoms with E-state index in [0.29, 0.717) is 0 Å². The van der Waals surface area contributed by atoms with Gasteiger partial charge in [0, 0.05) is 4.47 Å². The Morgan fingerprint density at radius 1 is 1.19 bits per heavy atom. The first kappa shape index (κ1) is 15.7. The van der Waals surface area contributed by atoms with Crippen molar-refractivity contribution < 1.29 is 18.3 Å². The minimum atomic E-state index is -4.70. The quantitative estimate of drug-likeness (QED) is 0.880. The molecule has 0 heterocycles. The van der Waals surface area contributed by atoms with Crippen molar-refractivity contribution in [3.05, 3.63) is 34.3 Å². The van der Waals surface area contributed by atoms with E-state index in [-0.39, 0.29) is 18.0 Å². The van der Waals surface area contributed by atoms with Crippen molar-refractivity contribution in [2.24, 2.45) is 5.73 Å². The lowest BCUT2D eigenvalue weighted by Crippen LogP contribution is -2.38. The Bertz CT molecular complexity index is 331. The summed E-state index contributed by atoms with van der Waals surface area (Å²) in [6.45, 7) is 0. The molecule has 0 saturated heterocycles. The highest BCUT2D eigenvalue weighted by molar-refractivity contribution is 9.10. The number of nitrogens with two attached hydrogens (primary N) is 1. The zero-order valence-corrected chi connectivity index (χ0v) is 10.3. The number of halogens is 5. The number of aliphatic hydroxyl groups is 1. The largest absolute Gasteiger partial charge is 0.416 e. The van der Waals surface area contributed by atoms with Crippen LogP contribution in [0.4, 0.5) is 13.2 Å². The van der Waals surface area contributed by atoms with E-state index < -0.39 is 18.3 Å². The molecule has 0 unspecified atom stereocenters. The highest BCUT2D eigenvalue weighted by atomic mass is 79.9. The van der Waals surface area contributed by atoms with E-state index in [1.165, 1.54) is 12.1 Å². The van der Waals surface area contributed by atoms with Crippen LogP contribution in [0.2, 0.25) is 0 Å². The van der Waals surface area contributed by atoms with E-state index in [0.717, 1.165) is 4.47 Å². The van der Waals surface area contributed by atoms with Gasteiger partial charge in [0.15, 0.2) is 6.10 Å². The highest BCUT2D eigenvalue weighted by Crippen LogP contribution is 2.28. The van der Waals surface area contributed by atoms with Crippen molar-refractivity contribution in [3.8, 4) is 0 Å². The molecular formula is C9H10BrClF3NO. The molecule has 1 rings (SSSR count). The van der Waals surface area contributed by atoms with Crippen molar-refractivity contribution in [1.29, 1.82) is 0 Å². The molecule has 0 aliphatic carbocycles. The van der Waals surface area contributed by atoms with Gasteiger partial charge in [0.1, 0.15) is 0 Å². The van der Waals surface area contributed by atoms with Gasteiger partial charge in [0.05, 0.1) is 6.04 Å². The average molecular weight is 321 g/mol. The summed E-state index contributed by atoms with van der Waals surface area (Å²) in [6.07, 6.45) is -7.24. The Hall–Kier alpha value is -0.300. The number of hydrogen-bond acceptors (Lipinski definition) is 2. The van der Waals surface area contributed by atoms with Gasteiger partial charge >= 0.3 is 6.18 Å². The van der Waals surface area contributed by atoms with Crippen LogP contribution in [0.1, 0.15) is 11.6 Å². The predicted molar refractivity (Wildman–Crippen MR) is 60.4 cm³/mol. The number of rotatable bonds is 2. The Morgan fingerprint density at radius 2 is 1.62 bits per heavy atom. The normalized spacial score (nSPS) is 15.1. The summed E-state index contributed by atoms with van der Waals surface area (Å²) in [7, 11) is 0. The van der Waals surface area contributed by atoms with E-state index in [9.17, 15) is 13.2 Å². The molecule has 0 aliphatic rings. The topological polar surface area (TPSA) is 46.2 Å². The average Bonchev–Trinajstić information content (AvgIpc) is 2.15. The van der Waals surface area contributed by atoms with Crippen LogP contribution in [-0.2, 0) is 0 Å². The maximum absolute atomic E-state index is 12.1. The summed E-state index contributed by atoms with van der Waals surface area (Å²) in [5, 5.41) is 8.92. The Morgan fingerprint density at radius 3 is 2.00 bits per heavy atom. The first-order valence-corrected chi connectivity index (χ1v) is 4.87. The van der Waals surface area contributed by atoms with Gasteiger partial charge in [-0.1, -0.05) is 28.1 Å². The van der Waals surface area contributed by atoms with Crippen molar-refractivity contribution in [3.63, 3.8) is 0 Å². The molecule has 0 aromatic heterocycles. The maximum atomic E-state index is 12.1. The summed E-state index contributed by atoms with van der Waals surface area (Å²) in [5.41, 5.74) is 5.53. The van der Waals surface area contributed by atoms with Crippen molar-refractivity contribution in [1.82, 2.24) is 0 Å². The third-order valence-electron chi connectivity index (χ3n) is 1.93. The van der Waals surface area contributed by atoms with Gasteiger partial charge in [-0.05, 0) is 17.7 Å². The zero-order chi connectivity index (χ0) is 11.6. The molecule has 1 aromatic rings. The van der Waals surface area contributed by atoms with Gasteiger partial charge in [-0.3, -0.25) is 0 Å². The summed E-state index contributed by atoms with van der Waals surface area (Å²) in [5.74, 6) is 0. The van der Waals surface area contributed by atoms with Gasteiger partial charge in [0.2, 0.25) is 0 Å². The molecule has 16 heavy (non-hydrogen) atoms. The van der Waals surface area contributed by atoms with Crippen molar-refractivity contribution in [2.45, 2.75) is 18.3 Å². The van der Waals surface area contributed by atoms with Crippen LogP contribution in [0.5, 0.6) is 0 Å². The molecule has 2 atom stereocenters. The fraction of sp³-hybridized carbons (Fsp3) is 0.333. The lowest BCUT2D eigenvalue weighted by Gasteiger charge is -2.21. The van der Waals surface area contributed by atoms with Crippen LogP contribution in [0.15, 0.2) is 28.7 Å². The fourth-order valence-corrected chi connectivity index (χ4v) is 1.34. The molecule has 0 spiro atoms. The summed E-state index contributed by atoms with van der Waals surface area (Å²) < 4.78 is 37.1. The van der Waals surface area contributed by atoms with Crippen LogP contribution < -0.4 is 5.73 Å². The van der Waals surface area contributed by atoms with Crippen LogP contribution in [0, 0.1) is 0 Å². The van der Waals surface area contributed by atoms with Gasteiger partial charge in [-0.25, -0.2) is 0 Å². The smallest absolute Gasteiger partial charge is 0.382 e. The molecule has 92 valence electrons. The Balaban J connectivity index is 0.00000225. The van der Waals surface area contributed by atoms with Crippen molar-refractivity contribution in [2.75, 3.05) is 0 Å². The third kappa shape index (κ3) is 3.93. The number of hydrogen-bond donors (Lipinski definition) is 2. The van der Waals surface area contributed by atoms with E-state index in [2.05, 4.69) is 15.9 Å². The highest BCUT2D eigenvalue weighted by Gasteiger charge is 2.42. The second kappa shape index (κ2) is 5.86. The summed E-state index contributed by atoms with van der Waals surface area (Å²) in [4.78, 5) is 0. The molecule has 1 aromatic carbocycles. The Kier molecular flexibility index (Phi) is 5.75. The number of benzene rings is 1. The fourth-order valence-electron chi connectivity index (χ4n) is 1.07. The third-order valence-corrected chi connectivity index (χ3v) is 2.46. The summed E-state index contributed by atoms with van der Waals surface area (Å²) in [6, 6.07) is 4.54. The van der Waals surface area contributed by atoms with Gasteiger partial charge < -0.3 is 10.8 Å². The second-order valence-corrected chi connectivity index (χ2v) is 3.98. The molecule has 0 amide bonds. The molecule has 0 fully saturated rings. The van der Waals surface area contributed by atoms with E-state index >= 15 is 0 Å². The van der Waals surface area contributed by atoms with Crippen LogP contribution >= 0.6 is 28.3 Å². The molecule has 0 saturated carbocycles. The van der Waals surface area contributed by atoms with Gasteiger partial charge in [0.25, 0.3) is 0 Å². The summed E-state index contributed by atoms with van der Waals surface area (Å²) >= 11 is 3.15. The lowest BCUT2D eigenvalue weighted by molar-refractivity contribution is -0.210. The van der Waals surface area contributed by atoms with Gasteiger partial charge in [-0.2, -0.15) is 13.2 Å². The molecule has 7 heteroatoms. The monoisotopic (exact) mass is 319 g/mol. The molecular weight excluding hydrogens is 310 g/mol. The molecule has 3 N–H and O–H groups in total. The zero-order valence-electron chi connectivity index (χ0n) is 7.91. The number of aliphatic hydroxyl groups excluding tert-OH is 1. The Labute approximate surface area is 105 Å². The van der Waals surface area contributed by atoms with Crippen LogP contribution in [0.25, 0.3) is 0 Å². The SMILES string of the molecule is Cl.N[C@H](c1ccc(Br)cc1)[C@@H](O)C(F)(F)F. The minimum Gasteiger partial charge on any atom is -0.382 e. The predicted octanol–water partition coefficient (Wildman–Crippen LogP) is 2.79. The van der Waals surface area contributed by atoms with Crippen LogP contribution in [0.3, 0.4) is 0 Å². The van der Waals surface area contributed by atoms with Crippen molar-refractivity contribution >= 4 is 28.3 Å². The second-order valence-electron chi connectivity index (χ2n) is 3.06. The van der Waals surface area contributed by atoms with E-state index in [1.807, 2.05) is 0 Å². The molecule has 0 bridgehead atoms. The first-order chi connectivity index (χ1) is 6.82. The lowest BCUT2D eigenvalue weighted by atomic mass is 10.0. The molecule has 2 nitrogen and oxygen atoms in total. The molecule has 0 aliphatic heterocycles. The standard InChI is InChI=1S/C9H9BrF3NO.ClH/c10-6-3-1-5(2-4-6)7(14)8(15)9(11,12)13;/h1-4,7-8,15H,14H2;1H/t7-,8-;/m1./s1. The van der Waals surface area contributed by atoms with Gasteiger partial charge in [-0.15, -0.1) is 12.4 Å².